The molecule has 0 radical (unpaired) electrons. The second kappa shape index (κ2) is 6.13. The zero-order chi connectivity index (χ0) is 15.5. The normalized spacial score (nSPS) is 12.8. The van der Waals surface area contributed by atoms with Crippen molar-refractivity contribution in [2.45, 2.75) is 33.2 Å². The first-order valence-corrected chi connectivity index (χ1v) is 6.56. The van der Waals surface area contributed by atoms with Gasteiger partial charge in [-0.25, -0.2) is 0 Å². The number of halogens is 1. The van der Waals surface area contributed by atoms with Crippen molar-refractivity contribution in [2.75, 3.05) is 5.32 Å². The fourth-order valence-corrected chi connectivity index (χ4v) is 1.96. The Bertz CT molecular complexity index is 524. The van der Waals surface area contributed by atoms with E-state index in [1.54, 1.807) is 12.1 Å². The van der Waals surface area contributed by atoms with E-state index >= 15 is 0 Å². The van der Waals surface area contributed by atoms with Gasteiger partial charge in [0.25, 0.3) is 5.91 Å². The summed E-state index contributed by atoms with van der Waals surface area (Å²) in [4.78, 5) is 22.4. The first-order chi connectivity index (χ1) is 9.11. The molecule has 0 fully saturated rings. The molecule has 1 amide bonds. The summed E-state index contributed by atoms with van der Waals surface area (Å²) in [5.74, 6) is -1.51. The van der Waals surface area contributed by atoms with Crippen LogP contribution in [0.4, 0.5) is 5.69 Å². The number of rotatable bonds is 5. The molecule has 0 bridgehead atoms. The maximum Gasteiger partial charge on any atom is 0.305 e. The van der Waals surface area contributed by atoms with Crippen LogP contribution >= 0.6 is 11.6 Å². The van der Waals surface area contributed by atoms with Crippen LogP contribution in [0, 0.1) is 5.41 Å². The number of nitrogens with one attached hydrogen (secondary N) is 1. The Morgan fingerprint density at radius 2 is 2.00 bits per heavy atom. The number of aliphatic carboxylic acids is 1. The summed E-state index contributed by atoms with van der Waals surface area (Å²) in [6.07, 6.45) is -0.0752. The van der Waals surface area contributed by atoms with Gasteiger partial charge in [0, 0.05) is 16.8 Å². The molecule has 0 aliphatic heterocycles. The number of carboxylic acid groups (broad SMARTS) is 1. The molecule has 1 aromatic carbocycles. The van der Waals surface area contributed by atoms with E-state index in [4.69, 9.17) is 22.4 Å². The van der Waals surface area contributed by atoms with Gasteiger partial charge in [-0.1, -0.05) is 32.4 Å². The summed E-state index contributed by atoms with van der Waals surface area (Å²) >= 11 is 5.92. The minimum Gasteiger partial charge on any atom is -0.481 e. The molecule has 1 atom stereocenters. The lowest BCUT2D eigenvalue weighted by atomic mass is 9.84. The van der Waals surface area contributed by atoms with Crippen LogP contribution in [0.5, 0.6) is 0 Å². The highest BCUT2D eigenvalue weighted by molar-refractivity contribution is 6.31. The third-order valence-electron chi connectivity index (χ3n) is 3.00. The third kappa shape index (κ3) is 4.42. The Labute approximate surface area is 123 Å². The van der Waals surface area contributed by atoms with Gasteiger partial charge in [0.05, 0.1) is 12.0 Å². The van der Waals surface area contributed by atoms with Crippen LogP contribution in [-0.4, -0.2) is 23.0 Å². The number of benzene rings is 1. The van der Waals surface area contributed by atoms with Crippen molar-refractivity contribution in [1.82, 2.24) is 0 Å². The standard InChI is InChI=1S/C14H19ClN2O3/c1-14(2,3)11(7-12(18)19)17-10-6-8(15)4-5-9(10)13(16)20/h4-6,11,17H,7H2,1-3H3,(H2,16,20)(H,18,19). The Kier molecular flexibility index (Phi) is 5.00. The van der Waals surface area contributed by atoms with Crippen molar-refractivity contribution in [2.24, 2.45) is 11.1 Å². The predicted molar refractivity (Wildman–Crippen MR) is 79.1 cm³/mol. The molecule has 0 saturated carbocycles. The molecule has 0 aliphatic carbocycles. The minimum atomic E-state index is -0.917. The fraction of sp³-hybridized carbons (Fsp3) is 0.429. The van der Waals surface area contributed by atoms with Crippen LogP contribution in [0.3, 0.4) is 0 Å². The van der Waals surface area contributed by atoms with E-state index in [-0.39, 0.29) is 23.4 Å². The van der Waals surface area contributed by atoms with E-state index in [0.717, 1.165) is 0 Å². The van der Waals surface area contributed by atoms with Gasteiger partial charge in [0.2, 0.25) is 0 Å². The molecule has 1 unspecified atom stereocenters. The van der Waals surface area contributed by atoms with E-state index in [2.05, 4.69) is 5.32 Å². The number of carbonyl (C=O) groups excluding carboxylic acids is 1. The van der Waals surface area contributed by atoms with Gasteiger partial charge in [-0.15, -0.1) is 0 Å². The van der Waals surface area contributed by atoms with Crippen LogP contribution in [0.25, 0.3) is 0 Å². The smallest absolute Gasteiger partial charge is 0.305 e. The molecule has 0 spiro atoms. The number of carbonyl (C=O) groups is 2. The van der Waals surface area contributed by atoms with E-state index in [1.807, 2.05) is 20.8 Å². The Hall–Kier alpha value is -1.75. The average molecular weight is 299 g/mol. The highest BCUT2D eigenvalue weighted by Crippen LogP contribution is 2.28. The fourth-order valence-electron chi connectivity index (χ4n) is 1.79. The second-order valence-electron chi connectivity index (χ2n) is 5.71. The number of anilines is 1. The van der Waals surface area contributed by atoms with Gasteiger partial charge in [-0.2, -0.15) is 0 Å². The molecule has 0 saturated heterocycles. The van der Waals surface area contributed by atoms with E-state index < -0.39 is 11.9 Å². The van der Waals surface area contributed by atoms with Crippen molar-refractivity contribution in [3.63, 3.8) is 0 Å². The highest BCUT2D eigenvalue weighted by atomic mass is 35.5. The van der Waals surface area contributed by atoms with E-state index in [9.17, 15) is 9.59 Å². The third-order valence-corrected chi connectivity index (χ3v) is 3.24. The molecule has 1 rings (SSSR count). The Morgan fingerprint density at radius 3 is 2.45 bits per heavy atom. The zero-order valence-corrected chi connectivity index (χ0v) is 12.5. The minimum absolute atomic E-state index is 0.0752. The molecule has 5 nitrogen and oxygen atoms in total. The lowest BCUT2D eigenvalue weighted by molar-refractivity contribution is -0.137. The summed E-state index contributed by atoms with van der Waals surface area (Å²) < 4.78 is 0. The average Bonchev–Trinajstić information content (AvgIpc) is 2.25. The van der Waals surface area contributed by atoms with Crippen LogP contribution in [0.15, 0.2) is 18.2 Å². The summed E-state index contributed by atoms with van der Waals surface area (Å²) in [5.41, 5.74) is 5.74. The van der Waals surface area contributed by atoms with Crippen LogP contribution < -0.4 is 11.1 Å². The van der Waals surface area contributed by atoms with Gasteiger partial charge in [0.15, 0.2) is 0 Å². The van der Waals surface area contributed by atoms with Gasteiger partial charge in [-0.3, -0.25) is 9.59 Å². The van der Waals surface area contributed by atoms with Crippen molar-refractivity contribution in [1.29, 1.82) is 0 Å². The molecule has 110 valence electrons. The van der Waals surface area contributed by atoms with Crippen molar-refractivity contribution < 1.29 is 14.7 Å². The first kappa shape index (κ1) is 16.3. The monoisotopic (exact) mass is 298 g/mol. The molecule has 1 aromatic rings. The van der Waals surface area contributed by atoms with Gasteiger partial charge in [0.1, 0.15) is 0 Å². The summed E-state index contributed by atoms with van der Waals surface area (Å²) in [6.45, 7) is 5.76. The zero-order valence-electron chi connectivity index (χ0n) is 11.7. The lowest BCUT2D eigenvalue weighted by Gasteiger charge is -2.31. The summed E-state index contributed by atoms with van der Waals surface area (Å²) in [5, 5.41) is 12.5. The van der Waals surface area contributed by atoms with Crippen molar-refractivity contribution in [3.05, 3.63) is 28.8 Å². The molecule has 6 heteroatoms. The predicted octanol–water partition coefficient (Wildman–Crippen LogP) is 2.74. The number of hydrogen-bond acceptors (Lipinski definition) is 3. The Balaban J connectivity index is 3.13. The number of hydrogen-bond donors (Lipinski definition) is 3. The lowest BCUT2D eigenvalue weighted by Crippen LogP contribution is -2.36. The number of carboxylic acids is 1. The quantitative estimate of drug-likeness (QED) is 0.779. The number of amides is 1. The van der Waals surface area contributed by atoms with E-state index in [1.165, 1.54) is 6.07 Å². The highest BCUT2D eigenvalue weighted by Gasteiger charge is 2.28. The van der Waals surface area contributed by atoms with Crippen molar-refractivity contribution >= 4 is 29.2 Å². The maximum atomic E-state index is 11.4. The SMILES string of the molecule is CC(C)(C)C(CC(=O)O)Nc1cc(Cl)ccc1C(N)=O. The summed E-state index contributed by atoms with van der Waals surface area (Å²) in [6, 6.07) is 4.29. The summed E-state index contributed by atoms with van der Waals surface area (Å²) in [7, 11) is 0. The van der Waals surface area contributed by atoms with Crippen LogP contribution in [-0.2, 0) is 4.79 Å². The molecule has 4 N–H and O–H groups in total. The van der Waals surface area contributed by atoms with Gasteiger partial charge in [-0.05, 0) is 23.6 Å². The molecule has 0 heterocycles. The number of primary amides is 1. The Morgan fingerprint density at radius 1 is 1.40 bits per heavy atom. The van der Waals surface area contributed by atoms with Gasteiger partial charge < -0.3 is 16.2 Å². The van der Waals surface area contributed by atoms with E-state index in [0.29, 0.717) is 10.7 Å². The molecule has 0 aromatic heterocycles. The topological polar surface area (TPSA) is 92.4 Å². The first-order valence-electron chi connectivity index (χ1n) is 6.19. The van der Waals surface area contributed by atoms with Crippen LogP contribution in [0.1, 0.15) is 37.6 Å². The van der Waals surface area contributed by atoms with Gasteiger partial charge >= 0.3 is 5.97 Å². The van der Waals surface area contributed by atoms with Crippen LogP contribution in [0.2, 0.25) is 5.02 Å². The largest absolute Gasteiger partial charge is 0.481 e. The molecular formula is C14H19ClN2O3. The molecule has 0 aliphatic rings. The number of nitrogens with two attached hydrogens (primary N) is 1. The molecule has 20 heavy (non-hydrogen) atoms. The molecular weight excluding hydrogens is 280 g/mol. The van der Waals surface area contributed by atoms with Crippen molar-refractivity contribution in [3.8, 4) is 0 Å². The second-order valence-corrected chi connectivity index (χ2v) is 6.15. The maximum absolute atomic E-state index is 11.4.